The van der Waals surface area contributed by atoms with Gasteiger partial charge in [0, 0.05) is 32.4 Å². The average Bonchev–Trinajstić information content (AvgIpc) is 2.82. The van der Waals surface area contributed by atoms with E-state index in [1.165, 1.54) is 4.88 Å². The minimum absolute atomic E-state index is 0.247. The van der Waals surface area contributed by atoms with Gasteiger partial charge in [-0.05, 0) is 30.1 Å². The van der Waals surface area contributed by atoms with Crippen LogP contribution in [0.25, 0.3) is 0 Å². The van der Waals surface area contributed by atoms with Crippen LogP contribution >= 0.6 is 38.9 Å². The van der Waals surface area contributed by atoms with E-state index in [0.717, 1.165) is 28.0 Å². The van der Waals surface area contributed by atoms with E-state index in [2.05, 4.69) is 45.7 Å². The largest absolute Gasteiger partial charge is 0.310 e. The number of likely N-dealkylation sites (N-methyl/N-ethyl adjacent to an activating group) is 1. The molecule has 2 aromatic rings. The summed E-state index contributed by atoms with van der Waals surface area (Å²) in [7, 11) is 0. The molecule has 0 saturated heterocycles. The van der Waals surface area contributed by atoms with Crippen molar-refractivity contribution in [1.82, 2.24) is 5.32 Å². The monoisotopic (exact) mass is 343 g/mol. The molecule has 1 aromatic carbocycles. The van der Waals surface area contributed by atoms with Crippen molar-refractivity contribution in [3.63, 3.8) is 0 Å². The second-order valence-corrected chi connectivity index (χ2v) is 6.32. The first-order valence-electron chi connectivity index (χ1n) is 5.92. The van der Waals surface area contributed by atoms with Crippen molar-refractivity contribution in [2.45, 2.75) is 19.4 Å². The predicted molar refractivity (Wildman–Crippen MR) is 83.6 cm³/mol. The van der Waals surface area contributed by atoms with E-state index in [4.69, 9.17) is 11.6 Å². The molecule has 0 aliphatic carbocycles. The van der Waals surface area contributed by atoms with Crippen LogP contribution in [0.4, 0.5) is 0 Å². The minimum Gasteiger partial charge on any atom is -0.310 e. The molecule has 2 rings (SSSR count). The number of hydrogen-bond donors (Lipinski definition) is 1. The Morgan fingerprint density at radius 2 is 2.17 bits per heavy atom. The highest BCUT2D eigenvalue weighted by atomic mass is 79.9. The maximum absolute atomic E-state index is 6.33. The molecule has 0 bridgehead atoms. The van der Waals surface area contributed by atoms with Gasteiger partial charge in [-0.25, -0.2) is 0 Å². The van der Waals surface area contributed by atoms with Gasteiger partial charge in [0.25, 0.3) is 0 Å². The molecule has 1 atom stereocenters. The predicted octanol–water partition coefficient (Wildman–Crippen LogP) is 5.06. The van der Waals surface area contributed by atoms with Crippen molar-refractivity contribution >= 4 is 38.9 Å². The molecule has 96 valence electrons. The second-order valence-electron chi connectivity index (χ2n) is 4.03. The van der Waals surface area contributed by atoms with Crippen molar-refractivity contribution in [3.8, 4) is 0 Å². The van der Waals surface area contributed by atoms with Crippen LogP contribution in [-0.4, -0.2) is 6.54 Å². The lowest BCUT2D eigenvalue weighted by Crippen LogP contribution is -2.23. The van der Waals surface area contributed by atoms with E-state index in [-0.39, 0.29) is 6.04 Å². The fraction of sp³-hybridized carbons (Fsp3) is 0.286. The number of hydrogen-bond acceptors (Lipinski definition) is 2. The molecule has 0 saturated carbocycles. The number of thiophene rings is 1. The topological polar surface area (TPSA) is 12.0 Å². The summed E-state index contributed by atoms with van der Waals surface area (Å²) in [5, 5.41) is 6.43. The van der Waals surface area contributed by atoms with E-state index in [9.17, 15) is 0 Å². The lowest BCUT2D eigenvalue weighted by atomic mass is 10.0. The van der Waals surface area contributed by atoms with Gasteiger partial charge in [0.05, 0.1) is 0 Å². The van der Waals surface area contributed by atoms with Crippen molar-refractivity contribution in [2.24, 2.45) is 0 Å². The summed E-state index contributed by atoms with van der Waals surface area (Å²) in [5.74, 6) is 0. The van der Waals surface area contributed by atoms with Crippen molar-refractivity contribution in [1.29, 1.82) is 0 Å². The van der Waals surface area contributed by atoms with Crippen LogP contribution in [0, 0.1) is 0 Å². The molecule has 18 heavy (non-hydrogen) atoms. The summed E-state index contributed by atoms with van der Waals surface area (Å²) in [4.78, 5) is 1.37. The van der Waals surface area contributed by atoms with Gasteiger partial charge < -0.3 is 5.32 Å². The van der Waals surface area contributed by atoms with Gasteiger partial charge >= 0.3 is 0 Å². The van der Waals surface area contributed by atoms with Crippen molar-refractivity contribution in [2.75, 3.05) is 6.54 Å². The van der Waals surface area contributed by atoms with Crippen LogP contribution in [0.2, 0.25) is 5.02 Å². The third kappa shape index (κ3) is 3.35. The van der Waals surface area contributed by atoms with Gasteiger partial charge in [0.15, 0.2) is 0 Å². The summed E-state index contributed by atoms with van der Waals surface area (Å²) in [6.07, 6.45) is 0.966. The Labute approximate surface area is 125 Å². The third-order valence-electron chi connectivity index (χ3n) is 2.78. The first kappa shape index (κ1) is 14.1. The SMILES string of the molecule is CCNC(Cc1cccs1)c1c(Cl)cccc1Br. The smallest absolute Gasteiger partial charge is 0.0465 e. The molecular weight excluding hydrogens is 330 g/mol. The first-order chi connectivity index (χ1) is 8.72. The molecule has 0 radical (unpaired) electrons. The normalized spacial score (nSPS) is 12.6. The molecule has 1 aromatic heterocycles. The quantitative estimate of drug-likeness (QED) is 0.799. The molecular formula is C14H15BrClNS. The Kier molecular flexibility index (Phi) is 5.25. The molecule has 1 N–H and O–H groups in total. The molecule has 0 fully saturated rings. The zero-order chi connectivity index (χ0) is 13.0. The summed E-state index contributed by atoms with van der Waals surface area (Å²) in [5.41, 5.74) is 1.15. The van der Waals surface area contributed by atoms with E-state index >= 15 is 0 Å². The maximum atomic E-state index is 6.33. The average molecular weight is 345 g/mol. The van der Waals surface area contributed by atoms with Gasteiger partial charge in [-0.1, -0.05) is 46.6 Å². The molecule has 1 nitrogen and oxygen atoms in total. The van der Waals surface area contributed by atoms with Crippen LogP contribution < -0.4 is 5.32 Å². The standard InChI is InChI=1S/C14H15BrClNS/c1-2-17-13(9-10-5-4-8-18-10)14-11(15)6-3-7-12(14)16/h3-8,13,17H,2,9H2,1H3. The van der Waals surface area contributed by atoms with E-state index in [0.29, 0.717) is 0 Å². The fourth-order valence-corrected chi connectivity index (χ4v) is 3.81. The minimum atomic E-state index is 0.247. The van der Waals surface area contributed by atoms with Crippen LogP contribution in [-0.2, 0) is 6.42 Å². The Hall–Kier alpha value is -0.350. The van der Waals surface area contributed by atoms with Crippen LogP contribution in [0.3, 0.4) is 0 Å². The molecule has 1 heterocycles. The molecule has 1 unspecified atom stereocenters. The fourth-order valence-electron chi connectivity index (χ4n) is 2.00. The lowest BCUT2D eigenvalue weighted by Gasteiger charge is -2.20. The lowest BCUT2D eigenvalue weighted by molar-refractivity contribution is 0.551. The highest BCUT2D eigenvalue weighted by Crippen LogP contribution is 2.33. The number of halogens is 2. The summed E-state index contributed by atoms with van der Waals surface area (Å²) in [6, 6.07) is 10.5. The highest BCUT2D eigenvalue weighted by molar-refractivity contribution is 9.10. The van der Waals surface area contributed by atoms with Crippen LogP contribution in [0.15, 0.2) is 40.2 Å². The molecule has 0 amide bonds. The van der Waals surface area contributed by atoms with Gasteiger partial charge in [0.2, 0.25) is 0 Å². The van der Waals surface area contributed by atoms with E-state index in [1.807, 2.05) is 18.2 Å². The van der Waals surface area contributed by atoms with Gasteiger partial charge in [-0.15, -0.1) is 11.3 Å². The van der Waals surface area contributed by atoms with Gasteiger partial charge in [-0.2, -0.15) is 0 Å². The second kappa shape index (κ2) is 6.71. The number of nitrogens with one attached hydrogen (secondary N) is 1. The molecule has 0 aliphatic heterocycles. The zero-order valence-electron chi connectivity index (χ0n) is 10.1. The molecule has 0 spiro atoms. The third-order valence-corrected chi connectivity index (χ3v) is 4.70. The Morgan fingerprint density at radius 3 is 2.78 bits per heavy atom. The Morgan fingerprint density at radius 1 is 1.33 bits per heavy atom. The Balaban J connectivity index is 2.29. The summed E-state index contributed by atoms with van der Waals surface area (Å²) < 4.78 is 1.07. The summed E-state index contributed by atoms with van der Waals surface area (Å²) in [6.45, 7) is 3.04. The highest BCUT2D eigenvalue weighted by Gasteiger charge is 2.17. The van der Waals surface area contributed by atoms with Crippen molar-refractivity contribution in [3.05, 3.63) is 55.6 Å². The number of rotatable bonds is 5. The summed E-state index contributed by atoms with van der Waals surface area (Å²) >= 11 is 11.7. The van der Waals surface area contributed by atoms with Crippen LogP contribution in [0.5, 0.6) is 0 Å². The Bertz CT molecular complexity index is 478. The first-order valence-corrected chi connectivity index (χ1v) is 7.97. The molecule has 4 heteroatoms. The molecule has 0 aliphatic rings. The van der Waals surface area contributed by atoms with Gasteiger partial charge in [0.1, 0.15) is 0 Å². The van der Waals surface area contributed by atoms with Crippen molar-refractivity contribution < 1.29 is 0 Å². The van der Waals surface area contributed by atoms with E-state index < -0.39 is 0 Å². The zero-order valence-corrected chi connectivity index (χ0v) is 13.3. The van der Waals surface area contributed by atoms with Gasteiger partial charge in [-0.3, -0.25) is 0 Å². The van der Waals surface area contributed by atoms with Crippen LogP contribution in [0.1, 0.15) is 23.4 Å². The maximum Gasteiger partial charge on any atom is 0.0465 e. The number of benzene rings is 1. The van der Waals surface area contributed by atoms with E-state index in [1.54, 1.807) is 11.3 Å².